The molecule has 2 aromatic heterocycles. The highest BCUT2D eigenvalue weighted by atomic mass is 32.1. The minimum atomic E-state index is -0.462. The van der Waals surface area contributed by atoms with Gasteiger partial charge in [0.2, 0.25) is 0 Å². The fraction of sp³-hybridized carbons (Fsp3) is 0.250. The maximum absolute atomic E-state index is 12.4. The number of nitriles is 1. The van der Waals surface area contributed by atoms with Crippen LogP contribution in [0.4, 0.5) is 0 Å². The first-order valence-electron chi connectivity index (χ1n) is 8.48. The monoisotopic (exact) mass is 398 g/mol. The Bertz CT molecular complexity index is 1140. The third kappa shape index (κ3) is 3.70. The number of methoxy groups -OCH3 is 1. The van der Waals surface area contributed by atoms with Crippen molar-refractivity contribution < 1.29 is 19.0 Å². The SMILES string of the molecule is CCOC(=O)COc1ccc(-c2cn(C)c(=O)c3cc(C#N)sc23)cc1OC. The highest BCUT2D eigenvalue weighted by molar-refractivity contribution is 7.20. The fourth-order valence-corrected chi connectivity index (χ4v) is 3.78. The summed E-state index contributed by atoms with van der Waals surface area (Å²) in [6.07, 6.45) is 1.73. The molecule has 0 amide bonds. The first-order valence-corrected chi connectivity index (χ1v) is 9.30. The predicted molar refractivity (Wildman–Crippen MR) is 106 cm³/mol. The molecule has 28 heavy (non-hydrogen) atoms. The summed E-state index contributed by atoms with van der Waals surface area (Å²) >= 11 is 1.27. The van der Waals surface area contributed by atoms with Crippen LogP contribution in [0, 0.1) is 11.3 Å². The van der Waals surface area contributed by atoms with Crippen LogP contribution in [0.25, 0.3) is 21.2 Å². The fourth-order valence-electron chi connectivity index (χ4n) is 2.81. The Morgan fingerprint density at radius 1 is 1.29 bits per heavy atom. The molecule has 0 unspecified atom stereocenters. The quantitative estimate of drug-likeness (QED) is 0.593. The Kier molecular flexibility index (Phi) is 5.66. The van der Waals surface area contributed by atoms with Gasteiger partial charge in [-0.3, -0.25) is 4.79 Å². The van der Waals surface area contributed by atoms with E-state index in [1.807, 2.05) is 6.07 Å². The third-order valence-corrected chi connectivity index (χ3v) is 5.16. The number of fused-ring (bicyclic) bond motifs is 1. The Morgan fingerprint density at radius 2 is 2.07 bits per heavy atom. The predicted octanol–water partition coefficient (Wildman–Crippen LogP) is 3.09. The zero-order valence-corrected chi connectivity index (χ0v) is 16.5. The van der Waals surface area contributed by atoms with Crippen LogP contribution in [-0.2, 0) is 16.6 Å². The highest BCUT2D eigenvalue weighted by Crippen LogP contribution is 2.37. The molecular formula is C20H18N2O5S. The van der Waals surface area contributed by atoms with Crippen LogP contribution in [0.5, 0.6) is 11.5 Å². The van der Waals surface area contributed by atoms with Crippen molar-refractivity contribution in [1.82, 2.24) is 4.57 Å². The lowest BCUT2D eigenvalue weighted by Crippen LogP contribution is -2.15. The van der Waals surface area contributed by atoms with Crippen molar-refractivity contribution in [1.29, 1.82) is 5.26 Å². The van der Waals surface area contributed by atoms with Gasteiger partial charge in [0.05, 0.1) is 23.8 Å². The Balaban J connectivity index is 2.04. The van der Waals surface area contributed by atoms with E-state index in [1.165, 1.54) is 23.0 Å². The largest absolute Gasteiger partial charge is 0.493 e. The van der Waals surface area contributed by atoms with E-state index in [0.717, 1.165) is 15.8 Å². The lowest BCUT2D eigenvalue weighted by molar-refractivity contribution is -0.145. The summed E-state index contributed by atoms with van der Waals surface area (Å²) in [4.78, 5) is 24.4. The molecular weight excluding hydrogens is 380 g/mol. The second kappa shape index (κ2) is 8.15. The molecule has 8 heteroatoms. The summed E-state index contributed by atoms with van der Waals surface area (Å²) in [7, 11) is 3.18. The molecule has 0 bridgehead atoms. The van der Waals surface area contributed by atoms with E-state index < -0.39 is 5.97 Å². The van der Waals surface area contributed by atoms with Crippen molar-refractivity contribution in [2.24, 2.45) is 7.05 Å². The van der Waals surface area contributed by atoms with Crippen LogP contribution < -0.4 is 15.0 Å². The molecule has 7 nitrogen and oxygen atoms in total. The molecule has 0 saturated carbocycles. The summed E-state index contributed by atoms with van der Waals surface area (Å²) in [6, 6.07) is 8.98. The topological polar surface area (TPSA) is 90.5 Å². The van der Waals surface area contributed by atoms with Gasteiger partial charge in [-0.25, -0.2) is 4.79 Å². The molecule has 0 N–H and O–H groups in total. The second-order valence-electron chi connectivity index (χ2n) is 5.88. The van der Waals surface area contributed by atoms with Gasteiger partial charge < -0.3 is 18.8 Å². The van der Waals surface area contributed by atoms with E-state index in [1.54, 1.807) is 38.4 Å². The molecule has 144 valence electrons. The standard InChI is InChI=1S/C20H18N2O5S/c1-4-26-18(23)11-27-16-6-5-12(7-17(16)25-3)15-10-22(2)20(24)14-8-13(9-21)28-19(14)15/h5-8,10H,4,11H2,1-3H3. The molecule has 0 radical (unpaired) electrons. The van der Waals surface area contributed by atoms with Gasteiger partial charge >= 0.3 is 5.97 Å². The first kappa shape index (κ1) is 19.5. The van der Waals surface area contributed by atoms with Crippen LogP contribution in [0.15, 0.2) is 35.3 Å². The van der Waals surface area contributed by atoms with Crippen molar-refractivity contribution in [2.45, 2.75) is 6.92 Å². The Labute approximate surface area is 165 Å². The molecule has 1 aromatic carbocycles. The van der Waals surface area contributed by atoms with E-state index in [-0.39, 0.29) is 18.8 Å². The third-order valence-electron chi connectivity index (χ3n) is 4.09. The number of pyridine rings is 1. The van der Waals surface area contributed by atoms with Crippen molar-refractivity contribution in [3.63, 3.8) is 0 Å². The van der Waals surface area contributed by atoms with Gasteiger partial charge in [0.25, 0.3) is 5.56 Å². The number of hydrogen-bond acceptors (Lipinski definition) is 7. The maximum Gasteiger partial charge on any atom is 0.344 e. The van der Waals surface area contributed by atoms with Crippen LogP contribution in [0.2, 0.25) is 0 Å². The number of nitrogens with zero attached hydrogens (tertiary/aromatic N) is 2. The van der Waals surface area contributed by atoms with Crippen LogP contribution in [-0.4, -0.2) is 30.9 Å². The van der Waals surface area contributed by atoms with Crippen molar-refractivity contribution in [3.05, 3.63) is 45.7 Å². The average molecular weight is 398 g/mol. The highest BCUT2D eigenvalue weighted by Gasteiger charge is 2.16. The van der Waals surface area contributed by atoms with E-state index in [9.17, 15) is 14.9 Å². The van der Waals surface area contributed by atoms with Gasteiger partial charge in [0.15, 0.2) is 18.1 Å². The summed E-state index contributed by atoms with van der Waals surface area (Å²) in [5, 5.41) is 9.70. The summed E-state index contributed by atoms with van der Waals surface area (Å²) < 4.78 is 18.0. The molecule has 0 aliphatic rings. The number of carbonyl (C=O) groups is 1. The molecule has 0 aliphatic carbocycles. The van der Waals surface area contributed by atoms with Gasteiger partial charge in [-0.15, -0.1) is 11.3 Å². The lowest BCUT2D eigenvalue weighted by Gasteiger charge is -2.13. The van der Waals surface area contributed by atoms with Gasteiger partial charge in [-0.2, -0.15) is 5.26 Å². The molecule has 0 fully saturated rings. The zero-order valence-electron chi connectivity index (χ0n) is 15.6. The number of esters is 1. The number of benzene rings is 1. The second-order valence-corrected chi connectivity index (χ2v) is 6.94. The first-order chi connectivity index (χ1) is 13.5. The van der Waals surface area contributed by atoms with Crippen molar-refractivity contribution in [3.8, 4) is 28.7 Å². The number of aromatic nitrogens is 1. The number of carbonyl (C=O) groups excluding carboxylic acids is 1. The molecule has 0 atom stereocenters. The van der Waals surface area contributed by atoms with Crippen molar-refractivity contribution in [2.75, 3.05) is 20.3 Å². The average Bonchev–Trinajstić information content (AvgIpc) is 3.14. The summed E-state index contributed by atoms with van der Waals surface area (Å²) in [5.41, 5.74) is 1.45. The summed E-state index contributed by atoms with van der Waals surface area (Å²) in [5.74, 6) is 0.390. The van der Waals surface area contributed by atoms with Gasteiger partial charge in [-0.05, 0) is 30.7 Å². The molecule has 0 spiro atoms. The van der Waals surface area contributed by atoms with Crippen molar-refractivity contribution >= 4 is 27.4 Å². The number of ether oxygens (including phenoxy) is 3. The minimum Gasteiger partial charge on any atom is -0.493 e. The number of hydrogen-bond donors (Lipinski definition) is 0. The molecule has 0 saturated heterocycles. The van der Waals surface area contributed by atoms with Gasteiger partial charge in [-0.1, -0.05) is 6.07 Å². The molecule has 0 aliphatic heterocycles. The van der Waals surface area contributed by atoms with Gasteiger partial charge in [0, 0.05) is 18.8 Å². The number of thiophene rings is 1. The van der Waals surface area contributed by atoms with Crippen LogP contribution in [0.1, 0.15) is 11.8 Å². The normalized spacial score (nSPS) is 10.5. The van der Waals surface area contributed by atoms with Crippen LogP contribution >= 0.6 is 11.3 Å². The minimum absolute atomic E-state index is 0.155. The zero-order chi connectivity index (χ0) is 20.3. The molecule has 3 aromatic rings. The maximum atomic E-state index is 12.4. The smallest absolute Gasteiger partial charge is 0.344 e. The van der Waals surface area contributed by atoms with E-state index in [4.69, 9.17) is 14.2 Å². The lowest BCUT2D eigenvalue weighted by atomic mass is 10.1. The van der Waals surface area contributed by atoms with Gasteiger partial charge in [0.1, 0.15) is 10.9 Å². The summed E-state index contributed by atoms with van der Waals surface area (Å²) in [6.45, 7) is 1.79. The van der Waals surface area contributed by atoms with E-state index in [0.29, 0.717) is 21.8 Å². The Morgan fingerprint density at radius 3 is 2.75 bits per heavy atom. The number of aryl methyl sites for hydroxylation is 1. The van der Waals surface area contributed by atoms with E-state index in [2.05, 4.69) is 6.07 Å². The van der Waals surface area contributed by atoms with Crippen LogP contribution in [0.3, 0.4) is 0 Å². The number of rotatable bonds is 6. The molecule has 3 rings (SSSR count). The Hall–Kier alpha value is -3.31. The molecule has 2 heterocycles. The van der Waals surface area contributed by atoms with E-state index >= 15 is 0 Å².